The maximum absolute atomic E-state index is 14.9. The first-order valence-electron chi connectivity index (χ1n) is 18.2. The summed E-state index contributed by atoms with van der Waals surface area (Å²) in [5.74, 6) is -0.741. The molecule has 4 aliphatic heterocycles. The summed E-state index contributed by atoms with van der Waals surface area (Å²) in [7, 11) is -3.02. The zero-order valence-corrected chi connectivity index (χ0v) is 31.4. The van der Waals surface area contributed by atoms with E-state index in [0.717, 1.165) is 41.8 Å². The van der Waals surface area contributed by atoms with Gasteiger partial charge in [0.05, 0.1) is 30.9 Å². The van der Waals surface area contributed by atoms with Gasteiger partial charge in [-0.15, -0.1) is 0 Å². The summed E-state index contributed by atoms with van der Waals surface area (Å²) in [6.07, 6.45) is 7.24. The van der Waals surface area contributed by atoms with Crippen molar-refractivity contribution in [2.45, 2.75) is 109 Å². The number of carbonyl (C=O) groups is 3. The van der Waals surface area contributed by atoms with Gasteiger partial charge in [-0.05, 0) is 88.9 Å². The molecule has 3 amide bonds. The van der Waals surface area contributed by atoms with Crippen molar-refractivity contribution in [3.05, 3.63) is 82.5 Å². The first-order valence-corrected chi connectivity index (χ1v) is 21.2. The van der Waals surface area contributed by atoms with Crippen molar-refractivity contribution < 1.29 is 29.0 Å². The fourth-order valence-corrected chi connectivity index (χ4v) is 11.4. The number of allylic oxidation sites excluding steroid dienone is 3. The van der Waals surface area contributed by atoms with E-state index in [2.05, 4.69) is 32.9 Å². The number of ether oxygens (including phenoxy) is 1. The molecule has 0 bridgehead atoms. The van der Waals surface area contributed by atoms with Crippen molar-refractivity contribution in [1.82, 2.24) is 4.90 Å². The second kappa shape index (κ2) is 14.2. The van der Waals surface area contributed by atoms with Crippen LogP contribution in [0.5, 0.6) is 0 Å². The van der Waals surface area contributed by atoms with Gasteiger partial charge in [0.1, 0.15) is 0 Å². The molecule has 0 aliphatic carbocycles. The Balaban J connectivity index is 1.36. The van der Waals surface area contributed by atoms with Gasteiger partial charge in [-0.2, -0.15) is 0 Å². The lowest BCUT2D eigenvalue weighted by Gasteiger charge is -2.37. The highest BCUT2D eigenvalue weighted by Crippen LogP contribution is 2.60. The molecule has 2 aromatic carbocycles. The lowest BCUT2D eigenvalue weighted by Crippen LogP contribution is -2.48. The predicted molar refractivity (Wildman–Crippen MR) is 198 cm³/mol. The molecule has 0 unspecified atom stereocenters. The standard InChI is InChI=1S/C40H53N3O6Si/c1-26(2)11-9-12-27(3)18-20-42-34-17-16-31(41-19-10-15-36(41)45)22-33(34)40(39(42)47)28(4)38(50(5,6)48)35(49-40)23-37(46)43-24-30-14-8-7-13-29(30)21-32(43)25-44/h7-8,11,13-14,16-18,22,28,32,35,38,44,48H,9-10,12,15,19-21,23-25H2,1-6H3/b27-18+/t28-,32+,35+,38-,40+/m1/s1. The van der Waals surface area contributed by atoms with Gasteiger partial charge in [0.15, 0.2) is 13.9 Å². The number of fused-ring (bicyclic) bond motifs is 3. The molecule has 1 spiro atoms. The normalized spacial score (nSPS) is 26.6. The molecule has 2 aromatic rings. The molecule has 2 fully saturated rings. The van der Waals surface area contributed by atoms with Crippen LogP contribution in [0.25, 0.3) is 0 Å². The minimum Gasteiger partial charge on any atom is -0.432 e. The van der Waals surface area contributed by atoms with Crippen LogP contribution < -0.4 is 9.80 Å². The highest BCUT2D eigenvalue weighted by molar-refractivity contribution is 6.71. The molecular weight excluding hydrogens is 647 g/mol. The number of rotatable bonds is 10. The number of anilines is 2. The first-order chi connectivity index (χ1) is 23.8. The molecule has 10 heteroatoms. The Bertz CT molecular complexity index is 1710. The summed E-state index contributed by atoms with van der Waals surface area (Å²) < 4.78 is 7.01. The molecule has 9 nitrogen and oxygen atoms in total. The molecule has 2 N–H and O–H groups in total. The summed E-state index contributed by atoms with van der Waals surface area (Å²) in [5.41, 5.74) is 4.96. The summed E-state index contributed by atoms with van der Waals surface area (Å²) >= 11 is 0. The maximum Gasteiger partial charge on any atom is 0.264 e. The van der Waals surface area contributed by atoms with E-state index < -0.39 is 31.5 Å². The Hall–Kier alpha value is -3.57. The molecule has 4 heterocycles. The molecule has 0 saturated carbocycles. The fraction of sp³-hybridized carbons (Fsp3) is 0.525. The van der Waals surface area contributed by atoms with E-state index in [9.17, 15) is 24.3 Å². The highest BCUT2D eigenvalue weighted by atomic mass is 28.4. The van der Waals surface area contributed by atoms with Gasteiger partial charge in [-0.25, -0.2) is 0 Å². The number of hydrogen-bond donors (Lipinski definition) is 2. The van der Waals surface area contributed by atoms with Crippen LogP contribution in [0, 0.1) is 5.92 Å². The minimum absolute atomic E-state index is 0.0112. The number of carbonyl (C=O) groups excluding carboxylic acids is 3. The van der Waals surface area contributed by atoms with Crippen molar-refractivity contribution in [1.29, 1.82) is 0 Å². The lowest BCUT2D eigenvalue weighted by atomic mass is 9.82. The van der Waals surface area contributed by atoms with Crippen molar-refractivity contribution in [2.24, 2.45) is 5.92 Å². The van der Waals surface area contributed by atoms with Crippen LogP contribution in [-0.2, 0) is 37.7 Å². The molecule has 5 atom stereocenters. The van der Waals surface area contributed by atoms with Gasteiger partial charge >= 0.3 is 0 Å². The van der Waals surface area contributed by atoms with E-state index in [1.165, 1.54) is 11.1 Å². The van der Waals surface area contributed by atoms with E-state index in [1.54, 1.807) is 14.7 Å². The topological polar surface area (TPSA) is 111 Å². The van der Waals surface area contributed by atoms with E-state index in [4.69, 9.17) is 4.74 Å². The molecule has 6 rings (SSSR count). The van der Waals surface area contributed by atoms with Gasteiger partial charge in [0.25, 0.3) is 5.91 Å². The zero-order valence-electron chi connectivity index (χ0n) is 30.4. The Morgan fingerprint density at radius 3 is 2.48 bits per heavy atom. The number of aliphatic hydroxyl groups is 1. The van der Waals surface area contributed by atoms with E-state index in [1.807, 2.05) is 62.5 Å². The Morgan fingerprint density at radius 2 is 1.82 bits per heavy atom. The van der Waals surface area contributed by atoms with Gasteiger partial charge in [0, 0.05) is 48.8 Å². The van der Waals surface area contributed by atoms with Crippen molar-refractivity contribution in [2.75, 3.05) is 29.5 Å². The first kappa shape index (κ1) is 36.2. The predicted octanol–water partition coefficient (Wildman–Crippen LogP) is 5.99. The van der Waals surface area contributed by atoms with Gasteiger partial charge < -0.3 is 29.3 Å². The minimum atomic E-state index is -3.02. The second-order valence-electron chi connectivity index (χ2n) is 15.5. The molecular formula is C40H53N3O6Si. The molecule has 0 aromatic heterocycles. The Morgan fingerprint density at radius 1 is 1.08 bits per heavy atom. The van der Waals surface area contributed by atoms with Gasteiger partial charge in [-0.3, -0.25) is 14.4 Å². The molecule has 2 saturated heterocycles. The van der Waals surface area contributed by atoms with Crippen LogP contribution in [0.1, 0.15) is 76.5 Å². The molecule has 268 valence electrons. The van der Waals surface area contributed by atoms with Crippen molar-refractivity contribution in [3.8, 4) is 0 Å². The maximum atomic E-state index is 14.9. The molecule has 0 radical (unpaired) electrons. The number of aliphatic hydroxyl groups excluding tert-OH is 1. The number of amides is 3. The van der Waals surface area contributed by atoms with E-state index in [0.29, 0.717) is 38.0 Å². The second-order valence-corrected chi connectivity index (χ2v) is 19.5. The fourth-order valence-electron chi connectivity index (χ4n) is 8.81. The largest absolute Gasteiger partial charge is 0.432 e. The summed E-state index contributed by atoms with van der Waals surface area (Å²) in [6, 6.07) is 13.4. The van der Waals surface area contributed by atoms with Crippen LogP contribution in [0.3, 0.4) is 0 Å². The number of benzene rings is 2. The summed E-state index contributed by atoms with van der Waals surface area (Å²) in [6.45, 7) is 13.2. The third-order valence-corrected chi connectivity index (χ3v) is 13.8. The molecule has 50 heavy (non-hydrogen) atoms. The van der Waals surface area contributed by atoms with Gasteiger partial charge in [-0.1, -0.05) is 54.5 Å². The zero-order chi connectivity index (χ0) is 36.0. The summed E-state index contributed by atoms with van der Waals surface area (Å²) in [5, 5.41) is 10.3. The van der Waals surface area contributed by atoms with Gasteiger partial charge in [0.2, 0.25) is 11.8 Å². The highest BCUT2D eigenvalue weighted by Gasteiger charge is 2.66. The van der Waals surface area contributed by atoms with Crippen LogP contribution in [-0.4, -0.2) is 72.7 Å². The summed E-state index contributed by atoms with van der Waals surface area (Å²) in [4.78, 5) is 59.1. The third-order valence-electron chi connectivity index (χ3n) is 11.3. The van der Waals surface area contributed by atoms with E-state index >= 15 is 0 Å². The average Bonchev–Trinajstić information content (AvgIpc) is 3.70. The van der Waals surface area contributed by atoms with Crippen LogP contribution in [0.4, 0.5) is 11.4 Å². The third kappa shape index (κ3) is 6.63. The van der Waals surface area contributed by atoms with Crippen molar-refractivity contribution in [3.63, 3.8) is 0 Å². The smallest absolute Gasteiger partial charge is 0.264 e. The Labute approximate surface area is 297 Å². The SMILES string of the molecule is CC(C)=CCC/C(C)=C/CN1C(=O)[C@@]2(O[C@@H](CC(=O)N3Cc4ccccc4C[C@H]3CO)[C@H]([Si](C)(C)O)[C@H]2C)c2cc(N3CCCC3=O)ccc21. The van der Waals surface area contributed by atoms with Crippen molar-refractivity contribution >= 4 is 37.4 Å². The lowest BCUT2D eigenvalue weighted by molar-refractivity contribution is -0.150. The molecule has 4 aliphatic rings. The Kier molecular flexibility index (Phi) is 10.3. The average molecular weight is 700 g/mol. The quantitative estimate of drug-likeness (QED) is 0.233. The van der Waals surface area contributed by atoms with Crippen LogP contribution >= 0.6 is 0 Å². The number of nitrogens with zero attached hydrogens (tertiary/aromatic N) is 3. The van der Waals surface area contributed by atoms with Crippen LogP contribution in [0.2, 0.25) is 18.6 Å². The van der Waals surface area contributed by atoms with Crippen LogP contribution in [0.15, 0.2) is 65.8 Å². The number of hydrogen-bond acceptors (Lipinski definition) is 6. The monoisotopic (exact) mass is 699 g/mol. The van der Waals surface area contributed by atoms with E-state index in [-0.39, 0.29) is 36.8 Å².